The Kier molecular flexibility index (Phi) is 8.51. The first-order valence-electron chi connectivity index (χ1n) is 10.2. The van der Waals surface area contributed by atoms with Crippen molar-refractivity contribution in [1.29, 1.82) is 0 Å². The van der Waals surface area contributed by atoms with Gasteiger partial charge in [0.2, 0.25) is 0 Å². The quantitative estimate of drug-likeness (QED) is 0.236. The normalized spacial score (nSPS) is 11.3. The van der Waals surface area contributed by atoms with Gasteiger partial charge in [0.05, 0.1) is 28.8 Å². The van der Waals surface area contributed by atoms with Crippen molar-refractivity contribution in [2.75, 3.05) is 18.0 Å². The van der Waals surface area contributed by atoms with E-state index < -0.39 is 27.4 Å². The molecule has 0 bridgehead atoms. The third kappa shape index (κ3) is 6.30. The number of halogens is 2. The molecule has 188 valence electrons. The van der Waals surface area contributed by atoms with Crippen LogP contribution in [0.15, 0.2) is 70.7 Å². The lowest BCUT2D eigenvalue weighted by Gasteiger charge is -2.25. The molecule has 0 aliphatic heterocycles. The second kappa shape index (κ2) is 11.4. The number of benzene rings is 3. The number of amides is 1. The van der Waals surface area contributed by atoms with E-state index in [-0.39, 0.29) is 37.6 Å². The van der Waals surface area contributed by atoms with E-state index in [4.69, 9.17) is 27.9 Å². The zero-order valence-corrected chi connectivity index (χ0v) is 21.3. The maximum absolute atomic E-state index is 13.5. The Morgan fingerprint density at radius 2 is 1.83 bits per heavy atom. The van der Waals surface area contributed by atoms with Crippen LogP contribution in [0, 0.1) is 17.0 Å². The van der Waals surface area contributed by atoms with Gasteiger partial charge in [-0.15, -0.1) is 0 Å². The van der Waals surface area contributed by atoms with E-state index in [1.807, 2.05) is 6.92 Å². The molecule has 0 heterocycles. The van der Waals surface area contributed by atoms with Gasteiger partial charge in [-0.2, -0.15) is 5.10 Å². The van der Waals surface area contributed by atoms with Crippen molar-refractivity contribution >= 4 is 56.7 Å². The van der Waals surface area contributed by atoms with Gasteiger partial charge in [0.25, 0.3) is 21.6 Å². The second-order valence-corrected chi connectivity index (χ2v) is 10.1. The SMILES string of the molecule is COc1ccc(Cl)cc1N(CC(=O)N/N=C/c1cc([N+](=O)[O-])ccc1Cl)S(=O)(=O)c1ccc(C)cc1. The summed E-state index contributed by atoms with van der Waals surface area (Å²) in [5.74, 6) is -0.625. The predicted molar refractivity (Wildman–Crippen MR) is 138 cm³/mol. The molecule has 1 amide bonds. The summed E-state index contributed by atoms with van der Waals surface area (Å²) in [4.78, 5) is 23.1. The standard InChI is InChI=1S/C23H20Cl2N4O6S/c1-15-3-7-19(8-4-15)36(33,34)28(21-12-17(24)5-10-22(21)35-2)14-23(30)27-26-13-16-11-18(29(31)32)6-9-20(16)25/h3-13H,14H2,1-2H3,(H,27,30)/b26-13+. The second-order valence-electron chi connectivity index (χ2n) is 7.40. The molecule has 3 rings (SSSR count). The number of carbonyl (C=O) groups excluding carboxylic acids is 1. The molecule has 0 aliphatic rings. The molecule has 0 saturated heterocycles. The summed E-state index contributed by atoms with van der Waals surface area (Å²) >= 11 is 12.1. The van der Waals surface area contributed by atoms with Crippen LogP contribution in [0.25, 0.3) is 0 Å². The Labute approximate surface area is 217 Å². The summed E-state index contributed by atoms with van der Waals surface area (Å²) in [7, 11) is -2.87. The number of sulfonamides is 1. The van der Waals surface area contributed by atoms with Crippen molar-refractivity contribution in [2.45, 2.75) is 11.8 Å². The Hall–Kier alpha value is -3.67. The van der Waals surface area contributed by atoms with E-state index >= 15 is 0 Å². The largest absolute Gasteiger partial charge is 0.495 e. The number of nitrogens with one attached hydrogen (secondary N) is 1. The van der Waals surface area contributed by atoms with Crippen molar-refractivity contribution in [3.63, 3.8) is 0 Å². The van der Waals surface area contributed by atoms with Crippen molar-refractivity contribution in [3.05, 3.63) is 92.0 Å². The highest BCUT2D eigenvalue weighted by molar-refractivity contribution is 7.92. The number of non-ortho nitro benzene ring substituents is 1. The van der Waals surface area contributed by atoms with Crippen molar-refractivity contribution < 1.29 is 22.9 Å². The number of nitrogens with zero attached hydrogens (tertiary/aromatic N) is 3. The maximum atomic E-state index is 13.5. The van der Waals surface area contributed by atoms with Gasteiger partial charge in [-0.3, -0.25) is 19.2 Å². The number of rotatable bonds is 9. The van der Waals surface area contributed by atoms with E-state index in [1.54, 1.807) is 12.1 Å². The minimum atomic E-state index is -4.23. The third-order valence-electron chi connectivity index (χ3n) is 4.89. The van der Waals surface area contributed by atoms with Crippen LogP contribution >= 0.6 is 23.2 Å². The van der Waals surface area contributed by atoms with Gasteiger partial charge >= 0.3 is 0 Å². The van der Waals surface area contributed by atoms with Crippen LogP contribution in [0.1, 0.15) is 11.1 Å². The third-order valence-corrected chi connectivity index (χ3v) is 7.24. The first kappa shape index (κ1) is 26.9. The summed E-state index contributed by atoms with van der Waals surface area (Å²) in [5, 5.41) is 15.1. The van der Waals surface area contributed by atoms with Crippen LogP contribution < -0.4 is 14.5 Å². The molecule has 0 radical (unpaired) electrons. The van der Waals surface area contributed by atoms with Crippen LogP contribution in [0.3, 0.4) is 0 Å². The molecule has 0 atom stereocenters. The summed E-state index contributed by atoms with van der Waals surface area (Å²) in [6.07, 6.45) is 1.12. The minimum absolute atomic E-state index is 0.0465. The summed E-state index contributed by atoms with van der Waals surface area (Å²) < 4.78 is 33.2. The molecule has 0 aromatic heterocycles. The fourth-order valence-corrected chi connectivity index (χ4v) is 4.83. The van der Waals surface area contributed by atoms with Crippen molar-refractivity contribution in [2.24, 2.45) is 5.10 Å². The van der Waals surface area contributed by atoms with E-state index in [0.29, 0.717) is 0 Å². The average molecular weight is 551 g/mol. The Bertz CT molecular complexity index is 1430. The number of nitro groups is 1. The molecule has 0 spiro atoms. The summed E-state index contributed by atoms with van der Waals surface area (Å²) in [6.45, 7) is 1.14. The Morgan fingerprint density at radius 1 is 1.14 bits per heavy atom. The topological polar surface area (TPSA) is 131 Å². The fourth-order valence-electron chi connectivity index (χ4n) is 3.08. The zero-order valence-electron chi connectivity index (χ0n) is 19.0. The number of carbonyl (C=O) groups is 1. The monoisotopic (exact) mass is 550 g/mol. The number of ether oxygens (including phenoxy) is 1. The molecule has 36 heavy (non-hydrogen) atoms. The smallest absolute Gasteiger partial charge is 0.270 e. The molecule has 3 aromatic rings. The lowest BCUT2D eigenvalue weighted by molar-refractivity contribution is -0.384. The van der Waals surface area contributed by atoms with Gasteiger partial charge in [0, 0.05) is 27.7 Å². The molecular formula is C23H20Cl2N4O6S. The van der Waals surface area contributed by atoms with Gasteiger partial charge < -0.3 is 4.74 Å². The summed E-state index contributed by atoms with van der Waals surface area (Å²) in [6, 6.07) is 14.2. The highest BCUT2D eigenvalue weighted by Gasteiger charge is 2.29. The number of anilines is 1. The van der Waals surface area contributed by atoms with Crippen LogP contribution in [-0.4, -0.2) is 39.1 Å². The highest BCUT2D eigenvalue weighted by Crippen LogP contribution is 2.34. The van der Waals surface area contributed by atoms with Crippen LogP contribution in [-0.2, 0) is 14.8 Å². The maximum Gasteiger partial charge on any atom is 0.270 e. The molecule has 10 nitrogen and oxygen atoms in total. The van der Waals surface area contributed by atoms with Gasteiger partial charge in [-0.1, -0.05) is 40.9 Å². The fraction of sp³-hybridized carbons (Fsp3) is 0.130. The molecule has 13 heteroatoms. The van der Waals surface area contributed by atoms with Crippen LogP contribution in [0.4, 0.5) is 11.4 Å². The van der Waals surface area contributed by atoms with Gasteiger partial charge in [0.15, 0.2) is 0 Å². The highest BCUT2D eigenvalue weighted by atomic mass is 35.5. The zero-order chi connectivity index (χ0) is 26.5. The lowest BCUT2D eigenvalue weighted by Crippen LogP contribution is -2.39. The molecule has 0 fully saturated rings. The first-order chi connectivity index (χ1) is 17.0. The van der Waals surface area contributed by atoms with Crippen molar-refractivity contribution in [3.8, 4) is 5.75 Å². The number of hydrogen-bond donors (Lipinski definition) is 1. The number of aryl methyl sites for hydroxylation is 1. The molecule has 1 N–H and O–H groups in total. The minimum Gasteiger partial charge on any atom is -0.495 e. The van der Waals surface area contributed by atoms with Gasteiger partial charge in [-0.25, -0.2) is 13.8 Å². The molecular weight excluding hydrogens is 531 g/mol. The average Bonchev–Trinajstić information content (AvgIpc) is 2.83. The summed E-state index contributed by atoms with van der Waals surface area (Å²) in [5.41, 5.74) is 3.09. The van der Waals surface area contributed by atoms with Crippen molar-refractivity contribution in [1.82, 2.24) is 5.43 Å². The number of nitro benzene ring substituents is 1. The van der Waals surface area contributed by atoms with E-state index in [2.05, 4.69) is 10.5 Å². The Balaban J connectivity index is 1.92. The van der Waals surface area contributed by atoms with Crippen LogP contribution in [0.2, 0.25) is 10.0 Å². The van der Waals surface area contributed by atoms with E-state index in [9.17, 15) is 23.3 Å². The first-order valence-corrected chi connectivity index (χ1v) is 12.4. The number of hydrogen-bond acceptors (Lipinski definition) is 7. The van der Waals surface area contributed by atoms with Crippen LogP contribution in [0.5, 0.6) is 5.75 Å². The molecule has 0 saturated carbocycles. The number of hydrazone groups is 1. The molecule has 3 aromatic carbocycles. The van der Waals surface area contributed by atoms with E-state index in [1.165, 1.54) is 55.6 Å². The van der Waals surface area contributed by atoms with E-state index in [0.717, 1.165) is 16.1 Å². The molecule has 0 unspecified atom stereocenters. The predicted octanol–water partition coefficient (Wildman–Crippen LogP) is 4.56. The molecule has 0 aliphatic carbocycles. The van der Waals surface area contributed by atoms with Gasteiger partial charge in [0.1, 0.15) is 12.3 Å². The Morgan fingerprint density at radius 3 is 2.47 bits per heavy atom. The van der Waals surface area contributed by atoms with Gasteiger partial charge in [-0.05, 0) is 43.3 Å². The number of methoxy groups -OCH3 is 1. The lowest BCUT2D eigenvalue weighted by atomic mass is 10.2.